The van der Waals surface area contributed by atoms with Gasteiger partial charge in [-0.15, -0.1) is 0 Å². The third kappa shape index (κ3) is 4.05. The maximum atomic E-state index is 13.5. The molecule has 2 aromatic carbocycles. The summed E-state index contributed by atoms with van der Waals surface area (Å²) in [6.45, 7) is 2.01. The Morgan fingerprint density at radius 2 is 1.81 bits per heavy atom. The molecule has 0 bridgehead atoms. The zero-order chi connectivity index (χ0) is 15.4. The second-order valence-electron chi connectivity index (χ2n) is 5.20. The fourth-order valence-electron chi connectivity index (χ4n) is 2.01. The quantitative estimate of drug-likeness (QED) is 0.850. The van der Waals surface area contributed by atoms with Crippen molar-refractivity contribution in [3.05, 3.63) is 59.4 Å². The van der Waals surface area contributed by atoms with Gasteiger partial charge in [0, 0.05) is 37.6 Å². The second-order valence-corrected chi connectivity index (χ2v) is 5.20. The molecule has 0 heterocycles. The van der Waals surface area contributed by atoms with E-state index in [1.54, 1.807) is 6.07 Å². The van der Waals surface area contributed by atoms with Crippen molar-refractivity contribution in [1.82, 2.24) is 0 Å². The van der Waals surface area contributed by atoms with Gasteiger partial charge in [0.15, 0.2) is 5.78 Å². The summed E-state index contributed by atoms with van der Waals surface area (Å²) >= 11 is 0. The van der Waals surface area contributed by atoms with Gasteiger partial charge in [-0.3, -0.25) is 4.79 Å². The molecule has 2 rings (SSSR count). The lowest BCUT2D eigenvalue weighted by atomic mass is 10.1. The molecule has 0 saturated carbocycles. The zero-order valence-electron chi connectivity index (χ0n) is 12.5. The number of hydrogen-bond donors (Lipinski definition) is 1. The van der Waals surface area contributed by atoms with E-state index in [1.807, 2.05) is 43.3 Å². The molecular weight excluding hydrogens is 267 g/mol. The Kier molecular flexibility index (Phi) is 4.58. The van der Waals surface area contributed by atoms with Crippen molar-refractivity contribution in [2.24, 2.45) is 0 Å². The van der Waals surface area contributed by atoms with Gasteiger partial charge in [-0.1, -0.05) is 12.1 Å². The molecule has 21 heavy (non-hydrogen) atoms. The minimum absolute atomic E-state index is 0.145. The Balaban J connectivity index is 2.07. The van der Waals surface area contributed by atoms with Gasteiger partial charge in [-0.05, 0) is 42.8 Å². The Morgan fingerprint density at radius 1 is 1.14 bits per heavy atom. The summed E-state index contributed by atoms with van der Waals surface area (Å²) in [5, 5.41) is 3.14. The third-order valence-corrected chi connectivity index (χ3v) is 3.25. The highest BCUT2D eigenvalue weighted by Gasteiger charge is 2.05. The second kappa shape index (κ2) is 6.39. The Hall–Kier alpha value is -2.36. The van der Waals surface area contributed by atoms with Crippen LogP contribution in [0.5, 0.6) is 0 Å². The minimum atomic E-state index is -0.409. The average molecular weight is 286 g/mol. The summed E-state index contributed by atoms with van der Waals surface area (Å²) in [6, 6.07) is 12.4. The Labute approximate surface area is 124 Å². The number of nitrogens with one attached hydrogen (secondary N) is 1. The zero-order valence-corrected chi connectivity index (χ0v) is 12.5. The van der Waals surface area contributed by atoms with Crippen molar-refractivity contribution in [3.8, 4) is 0 Å². The van der Waals surface area contributed by atoms with E-state index in [2.05, 4.69) is 5.32 Å². The maximum Gasteiger partial charge on any atom is 0.159 e. The molecule has 0 aliphatic rings. The van der Waals surface area contributed by atoms with E-state index in [1.165, 1.54) is 19.1 Å². The van der Waals surface area contributed by atoms with Crippen LogP contribution in [0, 0.1) is 5.82 Å². The molecule has 0 unspecified atom stereocenters. The van der Waals surface area contributed by atoms with Gasteiger partial charge >= 0.3 is 0 Å². The SMILES string of the molecule is CC(=O)c1cc(F)cc(NCc2ccc(N(C)C)cc2)c1. The molecule has 0 aliphatic heterocycles. The number of benzene rings is 2. The van der Waals surface area contributed by atoms with Crippen LogP contribution in [0.2, 0.25) is 0 Å². The van der Waals surface area contributed by atoms with Gasteiger partial charge in [0.25, 0.3) is 0 Å². The number of Topliss-reactive ketones (excluding diaryl/α,β-unsaturated/α-hetero) is 1. The van der Waals surface area contributed by atoms with Gasteiger partial charge in [0.05, 0.1) is 0 Å². The predicted octanol–water partition coefficient (Wildman–Crippen LogP) is 3.71. The molecule has 2 aromatic rings. The topological polar surface area (TPSA) is 32.3 Å². The highest BCUT2D eigenvalue weighted by molar-refractivity contribution is 5.95. The highest BCUT2D eigenvalue weighted by Crippen LogP contribution is 2.17. The van der Waals surface area contributed by atoms with E-state index < -0.39 is 5.82 Å². The van der Waals surface area contributed by atoms with Gasteiger partial charge in [0.2, 0.25) is 0 Å². The van der Waals surface area contributed by atoms with Crippen LogP contribution in [-0.2, 0) is 6.54 Å². The van der Waals surface area contributed by atoms with Crippen LogP contribution >= 0.6 is 0 Å². The molecule has 4 heteroatoms. The van der Waals surface area contributed by atoms with Crippen molar-refractivity contribution in [2.45, 2.75) is 13.5 Å². The molecule has 1 N–H and O–H groups in total. The van der Waals surface area contributed by atoms with E-state index in [9.17, 15) is 9.18 Å². The number of ketones is 1. The molecule has 0 fully saturated rings. The van der Waals surface area contributed by atoms with E-state index in [4.69, 9.17) is 0 Å². The third-order valence-electron chi connectivity index (χ3n) is 3.25. The molecule has 3 nitrogen and oxygen atoms in total. The molecule has 110 valence electrons. The summed E-state index contributed by atoms with van der Waals surface area (Å²) < 4.78 is 13.5. The number of carbonyl (C=O) groups is 1. The number of anilines is 2. The van der Waals surface area contributed by atoms with Crippen LogP contribution in [0.4, 0.5) is 15.8 Å². The first-order chi connectivity index (χ1) is 9.95. The Bertz CT molecular complexity index is 636. The number of halogens is 1. The van der Waals surface area contributed by atoms with E-state index in [0.29, 0.717) is 17.8 Å². The molecule has 0 spiro atoms. The van der Waals surface area contributed by atoms with Gasteiger partial charge in [-0.2, -0.15) is 0 Å². The van der Waals surface area contributed by atoms with Crippen LogP contribution < -0.4 is 10.2 Å². The first-order valence-electron chi connectivity index (χ1n) is 6.77. The van der Waals surface area contributed by atoms with Crippen molar-refractivity contribution in [1.29, 1.82) is 0 Å². The average Bonchev–Trinajstić information content (AvgIpc) is 2.45. The normalized spacial score (nSPS) is 10.3. The first kappa shape index (κ1) is 15.0. The first-order valence-corrected chi connectivity index (χ1v) is 6.77. The monoisotopic (exact) mass is 286 g/mol. The summed E-state index contributed by atoms with van der Waals surface area (Å²) in [5.41, 5.74) is 3.20. The molecule has 0 saturated heterocycles. The van der Waals surface area contributed by atoms with E-state index >= 15 is 0 Å². The van der Waals surface area contributed by atoms with Crippen LogP contribution in [0.15, 0.2) is 42.5 Å². The summed E-state index contributed by atoms with van der Waals surface area (Å²) in [7, 11) is 3.98. The van der Waals surface area contributed by atoms with Crippen molar-refractivity contribution in [2.75, 3.05) is 24.3 Å². The fraction of sp³-hybridized carbons (Fsp3) is 0.235. The fourth-order valence-corrected chi connectivity index (χ4v) is 2.01. The highest BCUT2D eigenvalue weighted by atomic mass is 19.1. The minimum Gasteiger partial charge on any atom is -0.381 e. The molecule has 0 aromatic heterocycles. The number of carbonyl (C=O) groups excluding carboxylic acids is 1. The van der Waals surface area contributed by atoms with Crippen molar-refractivity contribution < 1.29 is 9.18 Å². The Morgan fingerprint density at radius 3 is 2.38 bits per heavy atom. The lowest BCUT2D eigenvalue weighted by Gasteiger charge is -2.13. The van der Waals surface area contributed by atoms with Crippen LogP contribution in [0.25, 0.3) is 0 Å². The number of nitrogens with zero attached hydrogens (tertiary/aromatic N) is 1. The lowest BCUT2D eigenvalue weighted by Crippen LogP contribution is -2.08. The van der Waals surface area contributed by atoms with Crippen LogP contribution in [0.3, 0.4) is 0 Å². The summed E-state index contributed by atoms with van der Waals surface area (Å²) in [5.74, 6) is -0.555. The molecule has 0 amide bonds. The molecule has 0 aliphatic carbocycles. The number of hydrogen-bond acceptors (Lipinski definition) is 3. The summed E-state index contributed by atoms with van der Waals surface area (Å²) in [4.78, 5) is 13.4. The van der Waals surface area contributed by atoms with Crippen LogP contribution in [0.1, 0.15) is 22.8 Å². The van der Waals surface area contributed by atoms with Gasteiger partial charge in [-0.25, -0.2) is 4.39 Å². The smallest absolute Gasteiger partial charge is 0.159 e. The predicted molar refractivity (Wildman–Crippen MR) is 84.5 cm³/mol. The molecule has 0 atom stereocenters. The molecular formula is C17H19FN2O. The maximum absolute atomic E-state index is 13.5. The largest absolute Gasteiger partial charge is 0.381 e. The standard InChI is InChI=1S/C17H19FN2O/c1-12(21)14-8-15(18)10-16(9-14)19-11-13-4-6-17(7-5-13)20(2)3/h4-10,19H,11H2,1-3H3. The van der Waals surface area contributed by atoms with Crippen molar-refractivity contribution in [3.63, 3.8) is 0 Å². The van der Waals surface area contributed by atoms with E-state index in [0.717, 1.165) is 11.3 Å². The van der Waals surface area contributed by atoms with Gasteiger partial charge in [0.1, 0.15) is 5.82 Å². The number of rotatable bonds is 5. The van der Waals surface area contributed by atoms with Crippen molar-refractivity contribution >= 4 is 17.2 Å². The van der Waals surface area contributed by atoms with E-state index in [-0.39, 0.29) is 5.78 Å². The summed E-state index contributed by atoms with van der Waals surface area (Å²) in [6.07, 6.45) is 0. The lowest BCUT2D eigenvalue weighted by molar-refractivity contribution is 0.101. The van der Waals surface area contributed by atoms with Crippen LogP contribution in [-0.4, -0.2) is 19.9 Å². The molecule has 0 radical (unpaired) electrons. The van der Waals surface area contributed by atoms with Gasteiger partial charge < -0.3 is 10.2 Å².